The summed E-state index contributed by atoms with van der Waals surface area (Å²) in [7, 11) is 1.52. The van der Waals surface area contributed by atoms with E-state index in [1.54, 1.807) is 18.4 Å². The second kappa shape index (κ2) is 8.80. The number of anilines is 1. The van der Waals surface area contributed by atoms with Gasteiger partial charge < -0.3 is 24.9 Å². The average molecular weight is 366 g/mol. The molecule has 0 saturated heterocycles. The van der Waals surface area contributed by atoms with Gasteiger partial charge in [-0.3, -0.25) is 4.79 Å². The summed E-state index contributed by atoms with van der Waals surface area (Å²) in [5, 5.41) is 16.2. The number of hydrogen-bond donors (Lipinski definition) is 3. The predicted octanol–water partition coefficient (Wildman–Crippen LogP) is 3.46. The Balaban J connectivity index is 1.50. The maximum atomic E-state index is 12.0. The third-order valence-corrected chi connectivity index (χ3v) is 4.14. The predicted molar refractivity (Wildman–Crippen MR) is 103 cm³/mol. The molecule has 0 atom stereocenters. The molecule has 140 valence electrons. The topological polar surface area (TPSA) is 83.7 Å². The lowest BCUT2D eigenvalue weighted by atomic mass is 10.1. The fourth-order valence-electron chi connectivity index (χ4n) is 2.66. The first-order valence-corrected chi connectivity index (χ1v) is 8.62. The number of aromatic hydroxyl groups is 1. The van der Waals surface area contributed by atoms with Gasteiger partial charge in [0.15, 0.2) is 11.5 Å². The molecule has 0 aliphatic heterocycles. The Labute approximate surface area is 157 Å². The molecule has 0 fully saturated rings. The maximum absolute atomic E-state index is 12.0. The fraction of sp³-hybridized carbons (Fsp3) is 0.190. The van der Waals surface area contributed by atoms with E-state index in [4.69, 9.17) is 9.15 Å². The summed E-state index contributed by atoms with van der Waals surface area (Å²) in [6.45, 7) is 0.849. The molecular formula is C21H22N2O4. The van der Waals surface area contributed by atoms with Crippen molar-refractivity contribution in [1.29, 1.82) is 0 Å². The zero-order chi connectivity index (χ0) is 19.1. The number of phenolic OH excluding ortho intramolecular Hbond substituents is 1. The van der Waals surface area contributed by atoms with Gasteiger partial charge >= 0.3 is 0 Å². The molecule has 0 spiro atoms. The van der Waals surface area contributed by atoms with Crippen LogP contribution in [0.15, 0.2) is 65.3 Å². The van der Waals surface area contributed by atoms with Crippen LogP contribution in [0.5, 0.6) is 11.5 Å². The Bertz CT molecular complexity index is 874. The Hall–Kier alpha value is -3.41. The molecule has 6 nitrogen and oxygen atoms in total. The number of furan rings is 1. The first-order chi connectivity index (χ1) is 13.2. The second-order valence-corrected chi connectivity index (χ2v) is 6.05. The Kier molecular flexibility index (Phi) is 5.99. The number of hydrogen-bond acceptors (Lipinski definition) is 5. The van der Waals surface area contributed by atoms with Gasteiger partial charge in [-0.1, -0.05) is 24.3 Å². The van der Waals surface area contributed by atoms with Crippen molar-refractivity contribution in [3.05, 3.63) is 77.7 Å². The van der Waals surface area contributed by atoms with E-state index >= 15 is 0 Å². The van der Waals surface area contributed by atoms with Gasteiger partial charge in [-0.2, -0.15) is 0 Å². The number of nitrogens with one attached hydrogen (secondary N) is 2. The van der Waals surface area contributed by atoms with Crippen molar-refractivity contribution in [1.82, 2.24) is 5.32 Å². The Morgan fingerprint density at radius 3 is 2.59 bits per heavy atom. The van der Waals surface area contributed by atoms with Crippen LogP contribution < -0.4 is 15.4 Å². The summed E-state index contributed by atoms with van der Waals surface area (Å²) in [4.78, 5) is 12.0. The van der Waals surface area contributed by atoms with Crippen LogP contribution in [0.2, 0.25) is 0 Å². The van der Waals surface area contributed by atoms with Crippen molar-refractivity contribution in [3.8, 4) is 11.5 Å². The number of ether oxygens (including phenoxy) is 1. The molecule has 1 amide bonds. The lowest BCUT2D eigenvalue weighted by Crippen LogP contribution is -2.24. The van der Waals surface area contributed by atoms with Crippen LogP contribution in [0.3, 0.4) is 0 Å². The zero-order valence-electron chi connectivity index (χ0n) is 15.1. The molecule has 0 aliphatic carbocycles. The number of phenols is 1. The van der Waals surface area contributed by atoms with Gasteiger partial charge in [0.25, 0.3) is 0 Å². The van der Waals surface area contributed by atoms with Crippen LogP contribution in [0.25, 0.3) is 0 Å². The van der Waals surface area contributed by atoms with E-state index in [-0.39, 0.29) is 11.7 Å². The van der Waals surface area contributed by atoms with Crippen LogP contribution in [-0.2, 0) is 24.3 Å². The largest absolute Gasteiger partial charge is 0.504 e. The van der Waals surface area contributed by atoms with Gasteiger partial charge in [0.2, 0.25) is 5.91 Å². The molecule has 0 aliphatic rings. The standard InChI is InChI=1S/C21H22N2O4/c1-26-19-6-2-4-16(21(19)25)13-22-17-9-7-15(8-10-17)12-20(24)23-14-18-5-3-11-27-18/h2-11,22,25H,12-14H2,1H3,(H,23,24). The molecule has 27 heavy (non-hydrogen) atoms. The highest BCUT2D eigenvalue weighted by atomic mass is 16.5. The molecule has 0 unspecified atom stereocenters. The second-order valence-electron chi connectivity index (χ2n) is 6.05. The highest BCUT2D eigenvalue weighted by Gasteiger charge is 2.07. The van der Waals surface area contributed by atoms with Crippen LogP contribution >= 0.6 is 0 Å². The van der Waals surface area contributed by atoms with Crippen LogP contribution in [0.1, 0.15) is 16.9 Å². The number of rotatable bonds is 8. The van der Waals surface area contributed by atoms with Gasteiger partial charge in [0.1, 0.15) is 5.76 Å². The molecule has 3 N–H and O–H groups in total. The summed E-state index contributed by atoms with van der Waals surface area (Å²) < 4.78 is 10.3. The third-order valence-electron chi connectivity index (χ3n) is 4.14. The quantitative estimate of drug-likeness (QED) is 0.569. The third kappa shape index (κ3) is 5.04. The monoisotopic (exact) mass is 366 g/mol. The minimum Gasteiger partial charge on any atom is -0.504 e. The van der Waals surface area contributed by atoms with E-state index in [1.807, 2.05) is 42.5 Å². The SMILES string of the molecule is COc1cccc(CNc2ccc(CC(=O)NCc3ccco3)cc2)c1O. The lowest BCUT2D eigenvalue weighted by Gasteiger charge is -2.11. The van der Waals surface area contributed by atoms with E-state index in [9.17, 15) is 9.90 Å². The maximum Gasteiger partial charge on any atom is 0.224 e. The summed E-state index contributed by atoms with van der Waals surface area (Å²) >= 11 is 0. The van der Waals surface area contributed by atoms with E-state index < -0.39 is 0 Å². The molecule has 6 heteroatoms. The molecule has 2 aromatic carbocycles. The number of methoxy groups -OCH3 is 1. The number of carbonyl (C=O) groups excluding carboxylic acids is 1. The van der Waals surface area contributed by atoms with Gasteiger partial charge in [-0.15, -0.1) is 0 Å². The first-order valence-electron chi connectivity index (χ1n) is 8.62. The average Bonchev–Trinajstić information content (AvgIpc) is 3.20. The van der Waals surface area contributed by atoms with Crippen molar-refractivity contribution in [3.63, 3.8) is 0 Å². The summed E-state index contributed by atoms with van der Waals surface area (Å²) in [6, 6.07) is 16.6. The van der Waals surface area contributed by atoms with Gasteiger partial charge in [-0.05, 0) is 35.9 Å². The Morgan fingerprint density at radius 1 is 1.07 bits per heavy atom. The van der Waals surface area contributed by atoms with E-state index in [0.717, 1.165) is 22.6 Å². The highest BCUT2D eigenvalue weighted by Crippen LogP contribution is 2.29. The van der Waals surface area contributed by atoms with Crippen molar-refractivity contribution in [2.75, 3.05) is 12.4 Å². The van der Waals surface area contributed by atoms with Crippen LogP contribution in [0, 0.1) is 0 Å². The molecular weight excluding hydrogens is 344 g/mol. The van der Waals surface area contributed by atoms with E-state index in [0.29, 0.717) is 25.3 Å². The molecule has 0 bridgehead atoms. The van der Waals surface area contributed by atoms with Crippen molar-refractivity contribution in [2.45, 2.75) is 19.5 Å². The first kappa shape index (κ1) is 18.4. The zero-order valence-corrected chi connectivity index (χ0v) is 15.1. The molecule has 3 rings (SSSR count). The van der Waals surface area contributed by atoms with Gasteiger partial charge in [0.05, 0.1) is 26.3 Å². The Morgan fingerprint density at radius 2 is 1.89 bits per heavy atom. The van der Waals surface area contributed by atoms with Gasteiger partial charge in [0, 0.05) is 17.8 Å². The van der Waals surface area contributed by atoms with Crippen molar-refractivity contribution < 1.29 is 19.1 Å². The number of carbonyl (C=O) groups is 1. The van der Waals surface area contributed by atoms with Gasteiger partial charge in [-0.25, -0.2) is 0 Å². The highest BCUT2D eigenvalue weighted by molar-refractivity contribution is 5.78. The van der Waals surface area contributed by atoms with E-state index in [2.05, 4.69) is 10.6 Å². The number of benzene rings is 2. The lowest BCUT2D eigenvalue weighted by molar-refractivity contribution is -0.120. The normalized spacial score (nSPS) is 10.4. The molecule has 1 aromatic heterocycles. The summed E-state index contributed by atoms with van der Waals surface area (Å²) in [5.74, 6) is 1.25. The van der Waals surface area contributed by atoms with Crippen molar-refractivity contribution >= 4 is 11.6 Å². The minimum atomic E-state index is -0.0617. The molecule has 1 heterocycles. The minimum absolute atomic E-state index is 0.0617. The number of amides is 1. The molecule has 0 saturated carbocycles. The summed E-state index contributed by atoms with van der Waals surface area (Å²) in [5.41, 5.74) is 2.56. The molecule has 3 aromatic rings. The number of para-hydroxylation sites is 1. The fourth-order valence-corrected chi connectivity index (χ4v) is 2.66. The molecule has 0 radical (unpaired) electrons. The van der Waals surface area contributed by atoms with Crippen LogP contribution in [0.4, 0.5) is 5.69 Å². The van der Waals surface area contributed by atoms with Crippen LogP contribution in [-0.4, -0.2) is 18.1 Å². The van der Waals surface area contributed by atoms with E-state index in [1.165, 1.54) is 7.11 Å². The van der Waals surface area contributed by atoms with Crippen molar-refractivity contribution in [2.24, 2.45) is 0 Å². The summed E-state index contributed by atoms with van der Waals surface area (Å²) in [6.07, 6.45) is 1.89. The smallest absolute Gasteiger partial charge is 0.224 e.